The van der Waals surface area contributed by atoms with Crippen molar-refractivity contribution < 1.29 is 14.6 Å². The highest BCUT2D eigenvalue weighted by atomic mass is 79.9. The normalized spacial score (nSPS) is 13.2. The first kappa shape index (κ1) is 19.9. The number of carbonyl (C=O) groups is 1. The molecule has 0 radical (unpaired) electrons. The summed E-state index contributed by atoms with van der Waals surface area (Å²) < 4.78 is 7.42. The van der Waals surface area contributed by atoms with Crippen LogP contribution in [0.4, 0.5) is 0 Å². The third-order valence-corrected chi connectivity index (χ3v) is 5.18. The SMILES string of the molecule is Cc1cc(Br)cc(Br)c1OCC(=O)N(C)C(C)C(O)c1ccccc1. The minimum Gasteiger partial charge on any atom is -0.482 e. The van der Waals surface area contributed by atoms with Crippen LogP contribution in [0, 0.1) is 6.92 Å². The first-order valence-electron chi connectivity index (χ1n) is 7.88. The molecule has 25 heavy (non-hydrogen) atoms. The maximum absolute atomic E-state index is 12.4. The van der Waals surface area contributed by atoms with Crippen molar-refractivity contribution in [2.75, 3.05) is 13.7 Å². The van der Waals surface area contributed by atoms with Gasteiger partial charge < -0.3 is 14.7 Å². The Balaban J connectivity index is 2.01. The summed E-state index contributed by atoms with van der Waals surface area (Å²) in [6, 6.07) is 12.7. The lowest BCUT2D eigenvalue weighted by molar-refractivity contribution is -0.136. The fourth-order valence-electron chi connectivity index (χ4n) is 2.48. The van der Waals surface area contributed by atoms with Crippen molar-refractivity contribution in [1.29, 1.82) is 0 Å². The van der Waals surface area contributed by atoms with E-state index in [1.165, 1.54) is 4.90 Å². The van der Waals surface area contributed by atoms with Crippen molar-refractivity contribution >= 4 is 37.8 Å². The summed E-state index contributed by atoms with van der Waals surface area (Å²) in [6.45, 7) is 3.64. The number of likely N-dealkylation sites (N-methyl/N-ethyl adjacent to an activating group) is 1. The molecule has 134 valence electrons. The van der Waals surface area contributed by atoms with Crippen LogP contribution in [0.15, 0.2) is 51.4 Å². The van der Waals surface area contributed by atoms with Crippen LogP contribution in [-0.2, 0) is 4.79 Å². The number of amides is 1. The molecule has 2 atom stereocenters. The lowest BCUT2D eigenvalue weighted by atomic mass is 10.0. The quantitative estimate of drug-likeness (QED) is 0.677. The van der Waals surface area contributed by atoms with Crippen LogP contribution in [-0.4, -0.2) is 35.6 Å². The molecule has 0 saturated heterocycles. The zero-order chi connectivity index (χ0) is 18.6. The average molecular weight is 471 g/mol. The lowest BCUT2D eigenvalue weighted by Gasteiger charge is -2.29. The molecule has 0 spiro atoms. The molecule has 4 nitrogen and oxygen atoms in total. The van der Waals surface area contributed by atoms with Crippen LogP contribution >= 0.6 is 31.9 Å². The van der Waals surface area contributed by atoms with Crippen LogP contribution in [0.5, 0.6) is 5.75 Å². The predicted octanol–water partition coefficient (Wildman–Crippen LogP) is 4.48. The van der Waals surface area contributed by atoms with Gasteiger partial charge in [-0.15, -0.1) is 0 Å². The van der Waals surface area contributed by atoms with Gasteiger partial charge in [0.1, 0.15) is 5.75 Å². The second-order valence-corrected chi connectivity index (χ2v) is 7.69. The van der Waals surface area contributed by atoms with Gasteiger partial charge in [0, 0.05) is 11.5 Å². The van der Waals surface area contributed by atoms with Gasteiger partial charge in [-0.1, -0.05) is 46.3 Å². The molecule has 0 fully saturated rings. The van der Waals surface area contributed by atoms with Crippen LogP contribution in [0.3, 0.4) is 0 Å². The highest BCUT2D eigenvalue weighted by Gasteiger charge is 2.24. The first-order valence-corrected chi connectivity index (χ1v) is 9.47. The van der Waals surface area contributed by atoms with Gasteiger partial charge in [-0.2, -0.15) is 0 Å². The number of aliphatic hydroxyl groups excluding tert-OH is 1. The number of rotatable bonds is 6. The summed E-state index contributed by atoms with van der Waals surface area (Å²) in [7, 11) is 1.67. The molecule has 1 amide bonds. The number of hydrogen-bond acceptors (Lipinski definition) is 3. The van der Waals surface area contributed by atoms with E-state index >= 15 is 0 Å². The molecular weight excluding hydrogens is 450 g/mol. The lowest BCUT2D eigenvalue weighted by Crippen LogP contribution is -2.41. The zero-order valence-corrected chi connectivity index (χ0v) is 17.5. The number of carbonyl (C=O) groups excluding carboxylic acids is 1. The highest BCUT2D eigenvalue weighted by Crippen LogP contribution is 2.32. The van der Waals surface area contributed by atoms with Crippen molar-refractivity contribution in [3.05, 3.63) is 62.5 Å². The summed E-state index contributed by atoms with van der Waals surface area (Å²) in [6.07, 6.45) is -0.753. The van der Waals surface area contributed by atoms with Gasteiger partial charge in [0.05, 0.1) is 16.6 Å². The topological polar surface area (TPSA) is 49.8 Å². The van der Waals surface area contributed by atoms with Gasteiger partial charge >= 0.3 is 0 Å². The maximum Gasteiger partial charge on any atom is 0.260 e. The molecule has 0 aliphatic carbocycles. The van der Waals surface area contributed by atoms with Crippen molar-refractivity contribution in [3.63, 3.8) is 0 Å². The number of hydrogen-bond donors (Lipinski definition) is 1. The molecule has 0 aromatic heterocycles. The minimum absolute atomic E-state index is 0.0938. The third kappa shape index (κ3) is 5.06. The number of nitrogens with zero attached hydrogens (tertiary/aromatic N) is 1. The zero-order valence-electron chi connectivity index (χ0n) is 14.4. The molecule has 2 aromatic carbocycles. The summed E-state index contributed by atoms with van der Waals surface area (Å²) in [4.78, 5) is 14.0. The largest absolute Gasteiger partial charge is 0.482 e. The second-order valence-electron chi connectivity index (χ2n) is 5.92. The summed E-state index contributed by atoms with van der Waals surface area (Å²) in [5.41, 5.74) is 1.70. The Labute approximate surface area is 165 Å². The number of ether oxygens (including phenoxy) is 1. The molecular formula is C19H21Br2NO3. The van der Waals surface area contributed by atoms with E-state index in [1.807, 2.05) is 56.3 Å². The minimum atomic E-state index is -0.753. The Morgan fingerprint density at radius 3 is 2.48 bits per heavy atom. The van der Waals surface area contributed by atoms with E-state index < -0.39 is 6.10 Å². The fraction of sp³-hybridized carbons (Fsp3) is 0.316. The van der Waals surface area contributed by atoms with E-state index in [0.29, 0.717) is 5.75 Å². The Morgan fingerprint density at radius 2 is 1.88 bits per heavy atom. The van der Waals surface area contributed by atoms with Crippen LogP contribution in [0.1, 0.15) is 24.2 Å². The molecule has 0 aliphatic heterocycles. The Morgan fingerprint density at radius 1 is 1.24 bits per heavy atom. The monoisotopic (exact) mass is 469 g/mol. The summed E-state index contributed by atoms with van der Waals surface area (Å²) in [5.74, 6) is 0.443. The van der Waals surface area contributed by atoms with Crippen LogP contribution < -0.4 is 4.74 Å². The summed E-state index contributed by atoms with van der Waals surface area (Å²) >= 11 is 6.87. The molecule has 0 heterocycles. The van der Waals surface area contributed by atoms with Gasteiger partial charge in [-0.05, 0) is 53.0 Å². The molecule has 0 bridgehead atoms. The number of halogens is 2. The Kier molecular flexibility index (Phi) is 7.04. The molecule has 2 unspecified atom stereocenters. The van der Waals surface area contributed by atoms with E-state index in [9.17, 15) is 9.90 Å². The van der Waals surface area contributed by atoms with E-state index in [4.69, 9.17) is 4.74 Å². The van der Waals surface area contributed by atoms with Gasteiger partial charge in [0.15, 0.2) is 6.61 Å². The van der Waals surface area contributed by atoms with Gasteiger partial charge in [0.25, 0.3) is 5.91 Å². The molecule has 2 rings (SSSR count). The molecule has 0 saturated carbocycles. The maximum atomic E-state index is 12.4. The number of aliphatic hydroxyl groups is 1. The molecule has 0 aliphatic rings. The average Bonchev–Trinajstić information content (AvgIpc) is 2.59. The van der Waals surface area contributed by atoms with Crippen molar-refractivity contribution in [2.24, 2.45) is 0 Å². The van der Waals surface area contributed by atoms with Crippen molar-refractivity contribution in [2.45, 2.75) is 26.0 Å². The van der Waals surface area contributed by atoms with Crippen LogP contribution in [0.25, 0.3) is 0 Å². The summed E-state index contributed by atoms with van der Waals surface area (Å²) in [5, 5.41) is 10.5. The molecule has 2 aromatic rings. The first-order chi connectivity index (χ1) is 11.8. The molecule has 1 N–H and O–H groups in total. The molecule has 6 heteroatoms. The van der Waals surface area contributed by atoms with Crippen molar-refractivity contribution in [3.8, 4) is 5.75 Å². The van der Waals surface area contributed by atoms with Gasteiger partial charge in [0.2, 0.25) is 0 Å². The highest BCUT2D eigenvalue weighted by molar-refractivity contribution is 9.11. The van der Waals surface area contributed by atoms with Gasteiger partial charge in [-0.25, -0.2) is 0 Å². The Hall–Kier alpha value is -1.37. The second kappa shape index (κ2) is 8.83. The van der Waals surface area contributed by atoms with E-state index in [2.05, 4.69) is 31.9 Å². The van der Waals surface area contributed by atoms with E-state index in [0.717, 1.165) is 20.1 Å². The van der Waals surface area contributed by atoms with E-state index in [-0.39, 0.29) is 18.6 Å². The van der Waals surface area contributed by atoms with Crippen LogP contribution in [0.2, 0.25) is 0 Å². The smallest absolute Gasteiger partial charge is 0.260 e. The number of aryl methyl sites for hydroxylation is 1. The predicted molar refractivity (Wildman–Crippen MR) is 106 cm³/mol. The Bertz CT molecular complexity index is 714. The number of benzene rings is 2. The fourth-order valence-corrected chi connectivity index (χ4v) is 4.03. The standard InChI is InChI=1S/C19H21Br2NO3/c1-12-9-15(20)10-16(21)19(12)25-11-17(23)22(3)13(2)18(24)14-7-5-4-6-8-14/h4-10,13,18,24H,11H2,1-3H3. The van der Waals surface area contributed by atoms with E-state index in [1.54, 1.807) is 7.05 Å². The van der Waals surface area contributed by atoms with Gasteiger partial charge in [-0.3, -0.25) is 4.79 Å². The third-order valence-electron chi connectivity index (χ3n) is 4.14. The van der Waals surface area contributed by atoms with Crippen molar-refractivity contribution in [1.82, 2.24) is 4.90 Å².